The van der Waals surface area contributed by atoms with E-state index in [9.17, 15) is 9.90 Å². The Hall–Kier alpha value is -0.830. The molecule has 1 heterocycles. The first-order chi connectivity index (χ1) is 5.19. The number of hydrogen-bond acceptors (Lipinski definition) is 2. The van der Waals surface area contributed by atoms with Gasteiger partial charge in [-0.3, -0.25) is 4.79 Å². The lowest BCUT2D eigenvalue weighted by Crippen LogP contribution is -2.43. The van der Waals surface area contributed by atoms with Gasteiger partial charge in [0.2, 0.25) is 0 Å². The quantitative estimate of drug-likeness (QED) is 0.531. The lowest BCUT2D eigenvalue weighted by molar-refractivity contribution is -0.135. The van der Waals surface area contributed by atoms with Crippen molar-refractivity contribution in [3.63, 3.8) is 0 Å². The van der Waals surface area contributed by atoms with Crippen LogP contribution in [0.1, 0.15) is 19.8 Å². The van der Waals surface area contributed by atoms with Crippen LogP contribution in [0.15, 0.2) is 12.2 Å². The molecule has 0 aliphatic carbocycles. The molecule has 0 unspecified atom stereocenters. The second-order valence-corrected chi connectivity index (χ2v) is 2.72. The first kappa shape index (κ1) is 8.27. The normalized spacial score (nSPS) is 31.3. The Morgan fingerprint density at radius 2 is 2.55 bits per heavy atom. The molecule has 11 heavy (non-hydrogen) atoms. The maximum Gasteiger partial charge on any atom is 0.255 e. The van der Waals surface area contributed by atoms with Gasteiger partial charge in [-0.05, 0) is 18.9 Å². The Labute approximate surface area is 66.1 Å². The van der Waals surface area contributed by atoms with Crippen molar-refractivity contribution in [2.24, 2.45) is 0 Å². The summed E-state index contributed by atoms with van der Waals surface area (Å²) >= 11 is 0. The fourth-order valence-corrected chi connectivity index (χ4v) is 1.05. The van der Waals surface area contributed by atoms with Gasteiger partial charge in [-0.25, -0.2) is 0 Å². The molecule has 0 aromatic rings. The highest BCUT2D eigenvalue weighted by atomic mass is 16.3. The molecule has 3 nitrogen and oxygen atoms in total. The van der Waals surface area contributed by atoms with Crippen molar-refractivity contribution in [2.75, 3.05) is 6.54 Å². The minimum absolute atomic E-state index is 0.284. The second-order valence-electron chi connectivity index (χ2n) is 2.72. The number of rotatable bonds is 1. The zero-order chi connectivity index (χ0) is 8.32. The lowest BCUT2D eigenvalue weighted by atomic mass is 10.00. The third kappa shape index (κ3) is 1.60. The summed E-state index contributed by atoms with van der Waals surface area (Å²) in [6.07, 6.45) is 4.64. The summed E-state index contributed by atoms with van der Waals surface area (Å²) in [7, 11) is 0. The maximum atomic E-state index is 11.2. The molecule has 1 aliphatic rings. The Bertz CT molecular complexity index is 189. The fourth-order valence-electron chi connectivity index (χ4n) is 1.05. The highest BCUT2D eigenvalue weighted by molar-refractivity contribution is 5.87. The molecule has 0 radical (unpaired) electrons. The largest absolute Gasteiger partial charge is 0.376 e. The van der Waals surface area contributed by atoms with Gasteiger partial charge < -0.3 is 10.4 Å². The van der Waals surface area contributed by atoms with Crippen LogP contribution in [0.3, 0.4) is 0 Å². The second kappa shape index (κ2) is 3.05. The van der Waals surface area contributed by atoms with Gasteiger partial charge in [0.1, 0.15) is 0 Å². The summed E-state index contributed by atoms with van der Waals surface area (Å²) in [4.78, 5) is 11.2. The van der Waals surface area contributed by atoms with Crippen molar-refractivity contribution in [1.82, 2.24) is 5.32 Å². The van der Waals surface area contributed by atoms with Gasteiger partial charge in [0.05, 0.1) is 0 Å². The third-order valence-corrected chi connectivity index (χ3v) is 1.92. The van der Waals surface area contributed by atoms with E-state index in [1.807, 2.05) is 6.08 Å². The molecular weight excluding hydrogens is 142 g/mol. The average molecular weight is 155 g/mol. The topological polar surface area (TPSA) is 49.3 Å². The van der Waals surface area contributed by atoms with Crippen molar-refractivity contribution in [3.8, 4) is 0 Å². The molecule has 1 amide bonds. The van der Waals surface area contributed by atoms with E-state index < -0.39 is 5.60 Å². The number of hydrogen-bond donors (Lipinski definition) is 2. The van der Waals surface area contributed by atoms with Crippen LogP contribution in [-0.4, -0.2) is 23.2 Å². The number of carbonyl (C=O) groups is 1. The standard InChI is InChI=1S/C8H13NO2/c1-2-8(11)5-3-4-6-9-7(8)10/h3,5,11H,2,4,6H2,1H3,(H,9,10)/t8-/m1/s1. The molecular formula is C8H13NO2. The Morgan fingerprint density at radius 3 is 3.18 bits per heavy atom. The molecule has 0 aromatic heterocycles. The van der Waals surface area contributed by atoms with E-state index in [1.54, 1.807) is 13.0 Å². The molecule has 0 aromatic carbocycles. The van der Waals surface area contributed by atoms with E-state index in [1.165, 1.54) is 0 Å². The van der Waals surface area contributed by atoms with E-state index in [4.69, 9.17) is 0 Å². The SMILES string of the molecule is CC[C@@]1(O)C=CCCNC1=O. The molecule has 1 atom stereocenters. The highest BCUT2D eigenvalue weighted by Crippen LogP contribution is 2.14. The lowest BCUT2D eigenvalue weighted by Gasteiger charge is -2.19. The molecule has 0 bridgehead atoms. The van der Waals surface area contributed by atoms with Crippen molar-refractivity contribution in [2.45, 2.75) is 25.4 Å². The minimum atomic E-state index is -1.27. The molecule has 1 aliphatic heterocycles. The summed E-state index contributed by atoms with van der Waals surface area (Å²) in [5.74, 6) is -0.284. The van der Waals surface area contributed by atoms with Crippen LogP contribution >= 0.6 is 0 Å². The van der Waals surface area contributed by atoms with Crippen molar-refractivity contribution < 1.29 is 9.90 Å². The van der Waals surface area contributed by atoms with Crippen LogP contribution < -0.4 is 5.32 Å². The summed E-state index contributed by atoms with van der Waals surface area (Å²) < 4.78 is 0. The molecule has 0 saturated carbocycles. The van der Waals surface area contributed by atoms with Crippen molar-refractivity contribution in [1.29, 1.82) is 0 Å². The smallest absolute Gasteiger partial charge is 0.255 e. The van der Waals surface area contributed by atoms with E-state index >= 15 is 0 Å². The molecule has 0 fully saturated rings. The number of carbonyl (C=O) groups excluding carboxylic acids is 1. The van der Waals surface area contributed by atoms with Gasteiger partial charge in [0, 0.05) is 6.54 Å². The Balaban J connectivity index is 2.80. The van der Waals surface area contributed by atoms with Crippen LogP contribution in [0.25, 0.3) is 0 Å². The maximum absolute atomic E-state index is 11.2. The van der Waals surface area contributed by atoms with Crippen LogP contribution in [-0.2, 0) is 4.79 Å². The van der Waals surface area contributed by atoms with Crippen molar-refractivity contribution >= 4 is 5.91 Å². The fraction of sp³-hybridized carbons (Fsp3) is 0.625. The van der Waals surface area contributed by atoms with Gasteiger partial charge in [-0.2, -0.15) is 0 Å². The molecule has 62 valence electrons. The monoisotopic (exact) mass is 155 g/mol. The zero-order valence-corrected chi connectivity index (χ0v) is 6.63. The minimum Gasteiger partial charge on any atom is -0.376 e. The zero-order valence-electron chi connectivity index (χ0n) is 6.63. The number of amides is 1. The summed E-state index contributed by atoms with van der Waals surface area (Å²) in [6.45, 7) is 2.41. The first-order valence-electron chi connectivity index (χ1n) is 3.87. The van der Waals surface area contributed by atoms with E-state index in [-0.39, 0.29) is 5.91 Å². The van der Waals surface area contributed by atoms with Gasteiger partial charge in [-0.15, -0.1) is 0 Å². The van der Waals surface area contributed by atoms with Crippen LogP contribution in [0.4, 0.5) is 0 Å². The van der Waals surface area contributed by atoms with Crippen molar-refractivity contribution in [3.05, 3.63) is 12.2 Å². The molecule has 1 rings (SSSR count). The molecule has 0 spiro atoms. The third-order valence-electron chi connectivity index (χ3n) is 1.92. The number of nitrogens with one attached hydrogen (secondary N) is 1. The van der Waals surface area contributed by atoms with Gasteiger partial charge in [0.25, 0.3) is 5.91 Å². The molecule has 3 heteroatoms. The van der Waals surface area contributed by atoms with Gasteiger partial charge in [0.15, 0.2) is 5.60 Å². The summed E-state index contributed by atoms with van der Waals surface area (Å²) in [5, 5.41) is 12.3. The van der Waals surface area contributed by atoms with E-state index in [0.29, 0.717) is 13.0 Å². The summed E-state index contributed by atoms with van der Waals surface area (Å²) in [6, 6.07) is 0. The van der Waals surface area contributed by atoms with Crippen LogP contribution in [0.5, 0.6) is 0 Å². The predicted molar refractivity (Wildman–Crippen MR) is 42.0 cm³/mol. The van der Waals surface area contributed by atoms with Crippen LogP contribution in [0.2, 0.25) is 0 Å². The Morgan fingerprint density at radius 1 is 1.82 bits per heavy atom. The van der Waals surface area contributed by atoms with Crippen LogP contribution in [0, 0.1) is 0 Å². The van der Waals surface area contributed by atoms with E-state index in [2.05, 4.69) is 5.32 Å². The predicted octanol–water partition coefficient (Wildman–Crippen LogP) is 0.204. The number of aliphatic hydroxyl groups is 1. The average Bonchev–Trinajstić information content (AvgIpc) is 2.16. The molecule has 0 saturated heterocycles. The highest BCUT2D eigenvalue weighted by Gasteiger charge is 2.31. The Kier molecular flexibility index (Phi) is 2.29. The van der Waals surface area contributed by atoms with E-state index in [0.717, 1.165) is 6.42 Å². The summed E-state index contributed by atoms with van der Waals surface area (Å²) in [5.41, 5.74) is -1.27. The van der Waals surface area contributed by atoms with Gasteiger partial charge in [-0.1, -0.05) is 13.0 Å². The first-order valence-corrected chi connectivity index (χ1v) is 3.87. The molecule has 2 N–H and O–H groups in total. The van der Waals surface area contributed by atoms with Gasteiger partial charge >= 0.3 is 0 Å².